The number of amides is 2. The van der Waals surface area contributed by atoms with Crippen LogP contribution in [0.3, 0.4) is 0 Å². The van der Waals surface area contributed by atoms with E-state index in [2.05, 4.69) is 10.6 Å². The second-order valence-corrected chi connectivity index (χ2v) is 8.56. The summed E-state index contributed by atoms with van der Waals surface area (Å²) >= 11 is 0. The topological polar surface area (TPSA) is 166 Å². The molecule has 0 spiro atoms. The Morgan fingerprint density at radius 2 is 1.50 bits per heavy atom. The summed E-state index contributed by atoms with van der Waals surface area (Å²) in [5.41, 5.74) is 7.35. The summed E-state index contributed by atoms with van der Waals surface area (Å²) in [4.78, 5) is 37.9. The lowest BCUT2D eigenvalue weighted by Crippen LogP contribution is -2.41. The highest BCUT2D eigenvalue weighted by atomic mass is 16.4. The van der Waals surface area contributed by atoms with Crippen molar-refractivity contribution in [3.63, 3.8) is 0 Å². The molecule has 0 saturated heterocycles. The van der Waals surface area contributed by atoms with E-state index < -0.39 is 23.8 Å². The summed E-state index contributed by atoms with van der Waals surface area (Å²) < 4.78 is 0. The van der Waals surface area contributed by atoms with Gasteiger partial charge in [0.05, 0.1) is 18.2 Å². The zero-order valence-electron chi connectivity index (χ0n) is 19.9. The van der Waals surface area contributed by atoms with Crippen molar-refractivity contribution in [3.05, 3.63) is 89.0 Å². The minimum absolute atomic E-state index is 0.0128. The fraction of sp³-hybridized carbons (Fsp3) is 0.185. The Hall–Kier alpha value is -4.50. The van der Waals surface area contributed by atoms with Crippen molar-refractivity contribution < 1.29 is 24.6 Å². The summed E-state index contributed by atoms with van der Waals surface area (Å²) in [6, 6.07) is 16.8. The number of hydrogen-bond acceptors (Lipinski definition) is 5. The molecule has 0 aliphatic carbocycles. The van der Waals surface area contributed by atoms with Crippen LogP contribution in [0.15, 0.2) is 66.7 Å². The predicted molar refractivity (Wildman–Crippen MR) is 137 cm³/mol. The fourth-order valence-electron chi connectivity index (χ4n) is 3.62. The normalized spacial score (nSPS) is 11.6. The number of amidine groups is 1. The molecule has 0 heterocycles. The van der Waals surface area contributed by atoms with Crippen LogP contribution in [0.4, 0.5) is 5.69 Å². The molecule has 36 heavy (non-hydrogen) atoms. The SMILES string of the molecule is CC(C)C(CO)NC(=O)c1ccc(-c2ccccc2C(=O)Nc2ccc(C(=N)N)cc2)c(C(=O)O)c1. The summed E-state index contributed by atoms with van der Waals surface area (Å²) in [5, 5.41) is 32.3. The molecule has 3 aromatic rings. The Balaban J connectivity index is 1.95. The minimum Gasteiger partial charge on any atom is -0.478 e. The van der Waals surface area contributed by atoms with Gasteiger partial charge < -0.3 is 26.6 Å². The number of rotatable bonds is 9. The second kappa shape index (κ2) is 11.3. The molecule has 0 aliphatic heterocycles. The van der Waals surface area contributed by atoms with Crippen LogP contribution in [-0.2, 0) is 0 Å². The second-order valence-electron chi connectivity index (χ2n) is 8.56. The molecule has 0 aromatic heterocycles. The number of hydrogen-bond donors (Lipinski definition) is 6. The first kappa shape index (κ1) is 26.1. The van der Waals surface area contributed by atoms with Gasteiger partial charge in [0.15, 0.2) is 0 Å². The van der Waals surface area contributed by atoms with Gasteiger partial charge in [-0.15, -0.1) is 0 Å². The van der Waals surface area contributed by atoms with Crippen LogP contribution in [-0.4, -0.2) is 46.5 Å². The molecule has 1 atom stereocenters. The maximum absolute atomic E-state index is 13.1. The molecule has 0 aliphatic rings. The molecule has 0 radical (unpaired) electrons. The largest absolute Gasteiger partial charge is 0.478 e. The Labute approximate surface area is 208 Å². The smallest absolute Gasteiger partial charge is 0.336 e. The number of carbonyl (C=O) groups excluding carboxylic acids is 2. The van der Waals surface area contributed by atoms with E-state index >= 15 is 0 Å². The van der Waals surface area contributed by atoms with Crippen LogP contribution in [0.25, 0.3) is 11.1 Å². The van der Waals surface area contributed by atoms with Crippen molar-refractivity contribution in [2.75, 3.05) is 11.9 Å². The Bertz CT molecular complexity index is 1300. The monoisotopic (exact) mass is 488 g/mol. The molecule has 9 nitrogen and oxygen atoms in total. The Kier molecular flexibility index (Phi) is 8.18. The Morgan fingerprint density at radius 3 is 2.08 bits per heavy atom. The first-order chi connectivity index (χ1) is 17.1. The van der Waals surface area contributed by atoms with Gasteiger partial charge in [-0.1, -0.05) is 38.1 Å². The lowest BCUT2D eigenvalue weighted by atomic mass is 9.93. The van der Waals surface area contributed by atoms with E-state index in [-0.39, 0.29) is 40.6 Å². The van der Waals surface area contributed by atoms with Crippen LogP contribution in [0.2, 0.25) is 0 Å². The zero-order chi connectivity index (χ0) is 26.4. The third-order valence-electron chi connectivity index (χ3n) is 5.75. The highest BCUT2D eigenvalue weighted by molar-refractivity contribution is 6.11. The number of nitrogens with two attached hydrogens (primary N) is 1. The third kappa shape index (κ3) is 5.94. The van der Waals surface area contributed by atoms with Gasteiger partial charge in [0.2, 0.25) is 0 Å². The summed E-state index contributed by atoms with van der Waals surface area (Å²) in [6.07, 6.45) is 0. The number of aliphatic hydroxyl groups is 1. The van der Waals surface area contributed by atoms with Crippen molar-refractivity contribution in [1.82, 2.24) is 5.32 Å². The van der Waals surface area contributed by atoms with E-state index in [1.807, 2.05) is 13.8 Å². The minimum atomic E-state index is -1.25. The number of aromatic carboxylic acids is 1. The standard InChI is InChI=1S/C27H28N4O5/c1-15(2)23(14-32)31-25(33)17-9-12-20(22(13-17)27(35)36)19-5-3-4-6-21(19)26(34)30-18-10-7-16(8-11-18)24(28)29/h3-13,15,23,32H,14H2,1-2H3,(H3,28,29)(H,30,34)(H,31,33)(H,35,36). The molecule has 0 fully saturated rings. The number of nitrogens with one attached hydrogen (secondary N) is 3. The number of benzene rings is 3. The van der Waals surface area contributed by atoms with Crippen molar-refractivity contribution in [1.29, 1.82) is 5.41 Å². The van der Waals surface area contributed by atoms with E-state index in [4.69, 9.17) is 11.1 Å². The van der Waals surface area contributed by atoms with E-state index in [1.54, 1.807) is 48.5 Å². The molecule has 0 bridgehead atoms. The van der Waals surface area contributed by atoms with E-state index in [9.17, 15) is 24.6 Å². The number of nitrogen functional groups attached to an aromatic ring is 1. The summed E-state index contributed by atoms with van der Waals surface area (Å²) in [6.45, 7) is 3.46. The maximum Gasteiger partial charge on any atom is 0.336 e. The van der Waals surface area contributed by atoms with Gasteiger partial charge >= 0.3 is 5.97 Å². The van der Waals surface area contributed by atoms with E-state index in [0.717, 1.165) is 0 Å². The number of aliphatic hydroxyl groups excluding tert-OH is 1. The molecule has 0 saturated carbocycles. The van der Waals surface area contributed by atoms with Crippen molar-refractivity contribution in [2.45, 2.75) is 19.9 Å². The van der Waals surface area contributed by atoms with Crippen molar-refractivity contribution in [3.8, 4) is 11.1 Å². The van der Waals surface area contributed by atoms with Gasteiger partial charge in [-0.2, -0.15) is 0 Å². The van der Waals surface area contributed by atoms with Gasteiger partial charge in [-0.25, -0.2) is 4.79 Å². The van der Waals surface area contributed by atoms with Crippen LogP contribution >= 0.6 is 0 Å². The highest BCUT2D eigenvalue weighted by Gasteiger charge is 2.22. The predicted octanol–water partition coefficient (Wildman–Crippen LogP) is 3.33. The molecule has 3 rings (SSSR count). The quantitative estimate of drug-likeness (QED) is 0.200. The number of carboxylic acids is 1. The van der Waals surface area contributed by atoms with Crippen LogP contribution in [0.1, 0.15) is 50.5 Å². The highest BCUT2D eigenvalue weighted by Crippen LogP contribution is 2.29. The molecule has 7 N–H and O–H groups in total. The first-order valence-corrected chi connectivity index (χ1v) is 11.3. The summed E-state index contributed by atoms with van der Waals surface area (Å²) in [5.74, 6) is -2.31. The van der Waals surface area contributed by atoms with Gasteiger partial charge in [0, 0.05) is 22.4 Å². The van der Waals surface area contributed by atoms with Crippen molar-refractivity contribution >= 4 is 29.3 Å². The van der Waals surface area contributed by atoms with Crippen LogP contribution < -0.4 is 16.4 Å². The average Bonchev–Trinajstić information content (AvgIpc) is 2.86. The van der Waals surface area contributed by atoms with E-state index in [1.165, 1.54) is 18.2 Å². The Morgan fingerprint density at radius 1 is 0.889 bits per heavy atom. The van der Waals surface area contributed by atoms with Gasteiger partial charge in [-0.3, -0.25) is 15.0 Å². The maximum atomic E-state index is 13.1. The fourth-order valence-corrected chi connectivity index (χ4v) is 3.62. The van der Waals surface area contributed by atoms with Gasteiger partial charge in [0.25, 0.3) is 11.8 Å². The summed E-state index contributed by atoms with van der Waals surface area (Å²) in [7, 11) is 0. The average molecular weight is 489 g/mol. The molecular weight excluding hydrogens is 460 g/mol. The van der Waals surface area contributed by atoms with Crippen molar-refractivity contribution in [2.24, 2.45) is 11.7 Å². The number of carbonyl (C=O) groups is 3. The van der Waals surface area contributed by atoms with Crippen LogP contribution in [0, 0.1) is 11.3 Å². The van der Waals surface area contributed by atoms with Crippen LogP contribution in [0.5, 0.6) is 0 Å². The lowest BCUT2D eigenvalue weighted by molar-refractivity contribution is 0.0697. The molecule has 1 unspecified atom stereocenters. The molecule has 3 aromatic carbocycles. The molecule has 9 heteroatoms. The van der Waals surface area contributed by atoms with Gasteiger partial charge in [-0.05, 0) is 59.5 Å². The van der Waals surface area contributed by atoms with E-state index in [0.29, 0.717) is 16.8 Å². The molecule has 186 valence electrons. The zero-order valence-corrected chi connectivity index (χ0v) is 19.9. The van der Waals surface area contributed by atoms with Gasteiger partial charge in [0.1, 0.15) is 5.84 Å². The molecule has 2 amide bonds. The lowest BCUT2D eigenvalue weighted by Gasteiger charge is -2.20. The number of carboxylic acid groups (broad SMARTS) is 1. The molecular formula is C27H28N4O5. The third-order valence-corrected chi connectivity index (χ3v) is 5.75. The first-order valence-electron chi connectivity index (χ1n) is 11.3. The number of anilines is 1.